The minimum absolute atomic E-state index is 0.00463. The number of amides is 5. The molecule has 0 aromatic heterocycles. The van der Waals surface area contributed by atoms with Crippen LogP contribution in [0.4, 0.5) is 0 Å². The predicted octanol–water partition coefficient (Wildman–Crippen LogP) is 17.3. The van der Waals surface area contributed by atoms with E-state index in [-0.39, 0.29) is 27.1 Å². The molecule has 5 aliphatic heterocycles. The molecule has 5 amide bonds. The third-order valence-corrected chi connectivity index (χ3v) is 24.8. The zero-order valence-electron chi connectivity index (χ0n) is 58.3. The van der Waals surface area contributed by atoms with Crippen LogP contribution in [0.25, 0.3) is 0 Å². The van der Waals surface area contributed by atoms with Gasteiger partial charge in [0.25, 0.3) is 0 Å². The Labute approximate surface area is 523 Å². The van der Waals surface area contributed by atoms with Gasteiger partial charge in [0, 0.05) is 92.5 Å². The van der Waals surface area contributed by atoms with Crippen LogP contribution in [0.2, 0.25) is 0 Å². The molecule has 0 unspecified atom stereocenters. The van der Waals surface area contributed by atoms with E-state index in [0.717, 1.165) is 189 Å². The van der Waals surface area contributed by atoms with E-state index in [9.17, 15) is 24.0 Å². The van der Waals surface area contributed by atoms with Crippen LogP contribution in [-0.2, 0) is 24.0 Å². The molecule has 0 spiro atoms. The van der Waals surface area contributed by atoms with Crippen molar-refractivity contribution in [1.29, 1.82) is 0 Å². The highest BCUT2D eigenvalue weighted by molar-refractivity contribution is 5.85. The van der Waals surface area contributed by atoms with E-state index >= 15 is 0 Å². The van der Waals surface area contributed by atoms with Gasteiger partial charge in [0.2, 0.25) is 29.5 Å². The molecule has 0 radical (unpaired) electrons. The van der Waals surface area contributed by atoms with Crippen LogP contribution in [0.1, 0.15) is 296 Å². The van der Waals surface area contributed by atoms with E-state index < -0.39 is 0 Å². The maximum Gasteiger partial charge on any atom is 0.228 e. The standard InChI is InChI=1S/C17H31NO.C16H29NO.C15H27NO.C14H25NO.C13H23NO/c1-14(2)15-8-12-18(13-9-15)16(19)17(3)10-6-4-5-7-11-17;1-13(2)14-7-11-17(12-8-14)15(18)16(3)9-5-4-6-10-16;1-12(2)13-6-10-16(11-7-13)14(17)15(3)8-4-5-9-15;1-11(2)12-5-9-15(10-6-12)13(16)14(3)7-4-8-14;1-10(2)11-4-8-14(9-5-11)12(15)13(3)6-7-13/h14-15H,4-13H2,1-3H3;13-14H,4-12H2,1-3H3;12-13H,4-11H2,1-3H3;11-12H,4-10H2,1-3H3;10-11H,4-9H2,1-3H3. The molecule has 5 saturated carbocycles. The maximum absolute atomic E-state index is 12.8. The van der Waals surface area contributed by atoms with Crippen molar-refractivity contribution in [3.63, 3.8) is 0 Å². The Morgan fingerprint density at radius 1 is 0.235 bits per heavy atom. The second kappa shape index (κ2) is 32.4. The number of hydrogen-bond acceptors (Lipinski definition) is 5. The van der Waals surface area contributed by atoms with E-state index in [2.05, 4.69) is 128 Å². The van der Waals surface area contributed by atoms with Gasteiger partial charge in [-0.2, -0.15) is 0 Å². The average Bonchev–Trinajstić information content (AvgIpc) is 4.32. The second-order valence-electron chi connectivity index (χ2n) is 33.2. The van der Waals surface area contributed by atoms with Crippen molar-refractivity contribution in [3.05, 3.63) is 0 Å². The van der Waals surface area contributed by atoms with E-state index in [1.165, 1.54) is 128 Å². The number of rotatable bonds is 10. The van der Waals surface area contributed by atoms with Crippen LogP contribution in [0.5, 0.6) is 0 Å². The summed E-state index contributed by atoms with van der Waals surface area (Å²) in [5, 5.41) is 0. The quantitative estimate of drug-likeness (QED) is 0.203. The summed E-state index contributed by atoms with van der Waals surface area (Å²) in [4.78, 5) is 73.1. The number of carbonyl (C=O) groups is 5. The number of piperidine rings is 5. The van der Waals surface area contributed by atoms with Crippen LogP contribution >= 0.6 is 0 Å². The third-order valence-electron chi connectivity index (χ3n) is 24.8. The van der Waals surface area contributed by atoms with E-state index in [4.69, 9.17) is 0 Å². The molecule has 0 atom stereocenters. The molecular weight excluding hydrogens is 1050 g/mol. The maximum atomic E-state index is 12.8. The van der Waals surface area contributed by atoms with E-state index in [1.807, 2.05) is 0 Å². The minimum Gasteiger partial charge on any atom is -0.342 e. The van der Waals surface area contributed by atoms with Gasteiger partial charge in [0.1, 0.15) is 0 Å². The first-order chi connectivity index (χ1) is 40.1. The zero-order valence-corrected chi connectivity index (χ0v) is 58.3. The number of hydrogen-bond donors (Lipinski definition) is 0. The zero-order chi connectivity index (χ0) is 62.3. The van der Waals surface area contributed by atoms with Gasteiger partial charge in [-0.25, -0.2) is 0 Å². The molecule has 10 heteroatoms. The van der Waals surface area contributed by atoms with Crippen molar-refractivity contribution in [2.45, 2.75) is 296 Å². The van der Waals surface area contributed by atoms with Gasteiger partial charge in [-0.15, -0.1) is 0 Å². The summed E-state index contributed by atoms with van der Waals surface area (Å²) in [6.07, 6.45) is 35.8. The number of likely N-dealkylation sites (tertiary alicyclic amines) is 5. The Balaban J connectivity index is 0.000000171. The van der Waals surface area contributed by atoms with Gasteiger partial charge >= 0.3 is 0 Å². The molecule has 0 aromatic rings. The van der Waals surface area contributed by atoms with Crippen LogP contribution in [0, 0.1) is 86.3 Å². The molecular formula is C75H135N5O5. The lowest BCUT2D eigenvalue weighted by molar-refractivity contribution is -0.147. The normalized spacial score (nSPS) is 25.5. The van der Waals surface area contributed by atoms with Crippen LogP contribution in [0.15, 0.2) is 0 Å². The summed E-state index contributed by atoms with van der Waals surface area (Å²) in [6.45, 7) is 43.9. The van der Waals surface area contributed by atoms with Gasteiger partial charge < -0.3 is 24.5 Å². The lowest BCUT2D eigenvalue weighted by Gasteiger charge is -2.43. The molecule has 5 saturated heterocycles. The summed E-state index contributed by atoms with van der Waals surface area (Å²) in [6, 6.07) is 0. The number of carbonyl (C=O) groups excluding carboxylic acids is 5. The van der Waals surface area contributed by atoms with Crippen LogP contribution in [0.3, 0.4) is 0 Å². The molecule has 85 heavy (non-hydrogen) atoms. The fourth-order valence-corrected chi connectivity index (χ4v) is 16.7. The smallest absolute Gasteiger partial charge is 0.228 e. The van der Waals surface area contributed by atoms with Crippen molar-refractivity contribution < 1.29 is 24.0 Å². The second-order valence-corrected chi connectivity index (χ2v) is 33.2. The van der Waals surface area contributed by atoms with Gasteiger partial charge in [-0.3, -0.25) is 24.0 Å². The first-order valence-corrected chi connectivity index (χ1v) is 36.6. The van der Waals surface area contributed by atoms with Gasteiger partial charge in [0.05, 0.1) is 0 Å². The summed E-state index contributed by atoms with van der Waals surface area (Å²) in [7, 11) is 0. The third kappa shape index (κ3) is 19.9. The summed E-state index contributed by atoms with van der Waals surface area (Å²) < 4.78 is 0. The molecule has 0 bridgehead atoms. The molecule has 10 aliphatic rings. The highest BCUT2D eigenvalue weighted by atomic mass is 16.2. The highest BCUT2D eigenvalue weighted by Crippen LogP contribution is 2.48. The first-order valence-electron chi connectivity index (χ1n) is 36.6. The molecule has 10 nitrogen and oxygen atoms in total. The largest absolute Gasteiger partial charge is 0.342 e. The van der Waals surface area contributed by atoms with Crippen molar-refractivity contribution in [1.82, 2.24) is 24.5 Å². The Kier molecular flexibility index (Phi) is 27.2. The van der Waals surface area contributed by atoms with E-state index in [1.54, 1.807) is 0 Å². The van der Waals surface area contributed by atoms with Gasteiger partial charge in [-0.05, 0) is 188 Å². The molecule has 0 aromatic carbocycles. The molecule has 10 fully saturated rings. The number of nitrogens with zero attached hydrogens (tertiary/aromatic N) is 5. The van der Waals surface area contributed by atoms with Gasteiger partial charge in [0.15, 0.2) is 0 Å². The van der Waals surface area contributed by atoms with Gasteiger partial charge in [-0.1, -0.05) is 168 Å². The van der Waals surface area contributed by atoms with Crippen molar-refractivity contribution in [2.24, 2.45) is 86.3 Å². The van der Waals surface area contributed by atoms with Crippen molar-refractivity contribution in [2.75, 3.05) is 65.4 Å². The van der Waals surface area contributed by atoms with Crippen molar-refractivity contribution >= 4 is 29.5 Å². The Morgan fingerprint density at radius 3 is 0.518 bits per heavy atom. The average molecular weight is 1190 g/mol. The monoisotopic (exact) mass is 1190 g/mol. The van der Waals surface area contributed by atoms with Crippen LogP contribution < -0.4 is 0 Å². The Bertz CT molecular complexity index is 2030. The molecule has 0 N–H and O–H groups in total. The summed E-state index contributed by atoms with van der Waals surface area (Å²) in [5.41, 5.74) is -0.0793. The molecule has 5 aliphatic carbocycles. The summed E-state index contributed by atoms with van der Waals surface area (Å²) >= 11 is 0. The fourth-order valence-electron chi connectivity index (χ4n) is 16.7. The summed E-state index contributed by atoms with van der Waals surface area (Å²) in [5.74, 6) is 10.2. The van der Waals surface area contributed by atoms with Crippen molar-refractivity contribution in [3.8, 4) is 0 Å². The van der Waals surface area contributed by atoms with Crippen LogP contribution in [-0.4, -0.2) is 119 Å². The molecule has 10 rings (SSSR count). The first kappa shape index (κ1) is 71.4. The van der Waals surface area contributed by atoms with E-state index in [0.29, 0.717) is 29.5 Å². The SMILES string of the molecule is CC(C)C1CCN(C(=O)C2(C)CC2)CC1.CC(C)C1CCN(C(=O)C2(C)CCC2)CC1.CC(C)C1CCN(C(=O)C2(C)CCCC2)CC1.CC(C)C1CCN(C(=O)C2(C)CCCCC2)CC1.CC(C)C1CCN(C(=O)C2(C)CCCCCC2)CC1. The Morgan fingerprint density at radius 2 is 0.376 bits per heavy atom. The Hall–Kier alpha value is -2.65. The topological polar surface area (TPSA) is 102 Å². The lowest BCUT2D eigenvalue weighted by atomic mass is 9.69. The lowest BCUT2D eigenvalue weighted by Crippen LogP contribution is -2.49. The molecule has 490 valence electrons. The predicted molar refractivity (Wildman–Crippen MR) is 354 cm³/mol. The minimum atomic E-state index is -0.0544. The molecule has 5 heterocycles. The fraction of sp³-hybridized carbons (Fsp3) is 0.933. The highest BCUT2D eigenvalue weighted by Gasteiger charge is 2.48.